The quantitative estimate of drug-likeness (QED) is 0.744. The molecule has 0 fully saturated rings. The van der Waals surface area contributed by atoms with Crippen molar-refractivity contribution in [1.82, 2.24) is 25.2 Å². The molecular weight excluding hydrogens is 346 g/mol. The van der Waals surface area contributed by atoms with Crippen molar-refractivity contribution < 1.29 is 14.1 Å². The smallest absolute Gasteiger partial charge is 0.255 e. The average molecular weight is 367 g/mol. The van der Waals surface area contributed by atoms with E-state index in [0.29, 0.717) is 23.9 Å². The molecule has 1 aromatic carbocycles. The molecule has 0 bridgehead atoms. The number of benzene rings is 1. The first-order chi connectivity index (χ1) is 13.1. The van der Waals surface area contributed by atoms with E-state index in [9.17, 15) is 4.79 Å². The van der Waals surface area contributed by atoms with Crippen LogP contribution in [0, 0.1) is 6.92 Å². The van der Waals surface area contributed by atoms with Crippen molar-refractivity contribution >= 4 is 5.91 Å². The molecule has 2 heterocycles. The van der Waals surface area contributed by atoms with Crippen molar-refractivity contribution in [3.8, 4) is 11.4 Å². The largest absolute Gasteiger partial charge is 0.375 e. The van der Waals surface area contributed by atoms with Gasteiger partial charge in [0.15, 0.2) is 0 Å². The van der Waals surface area contributed by atoms with Crippen LogP contribution >= 0.6 is 0 Å². The van der Waals surface area contributed by atoms with E-state index in [1.165, 1.54) is 5.56 Å². The molecule has 1 amide bonds. The van der Waals surface area contributed by atoms with Crippen LogP contribution in [0.2, 0.25) is 0 Å². The van der Waals surface area contributed by atoms with Gasteiger partial charge in [0.05, 0.1) is 17.8 Å². The Balaban J connectivity index is 1.52. The molecule has 140 valence electrons. The van der Waals surface area contributed by atoms with Crippen LogP contribution in [0.5, 0.6) is 0 Å². The molecule has 0 spiro atoms. The van der Waals surface area contributed by atoms with Crippen molar-refractivity contribution in [1.29, 1.82) is 0 Å². The van der Waals surface area contributed by atoms with Gasteiger partial charge in [-0.3, -0.25) is 9.48 Å². The summed E-state index contributed by atoms with van der Waals surface area (Å²) in [6, 6.07) is 6.05. The molecule has 0 saturated carbocycles. The summed E-state index contributed by atoms with van der Waals surface area (Å²) in [5.74, 6) is 0.901. The Bertz CT molecular complexity index is 991. The van der Waals surface area contributed by atoms with Crippen LogP contribution in [0.1, 0.15) is 45.5 Å². The molecule has 0 aliphatic heterocycles. The van der Waals surface area contributed by atoms with Crippen LogP contribution in [-0.2, 0) is 24.8 Å². The van der Waals surface area contributed by atoms with Gasteiger partial charge < -0.3 is 14.6 Å². The number of rotatable bonds is 5. The van der Waals surface area contributed by atoms with E-state index in [2.05, 4.69) is 26.6 Å². The van der Waals surface area contributed by atoms with E-state index in [0.717, 1.165) is 29.7 Å². The highest BCUT2D eigenvalue weighted by Gasteiger charge is 2.26. The predicted octanol–water partition coefficient (Wildman–Crippen LogP) is 2.34. The van der Waals surface area contributed by atoms with Gasteiger partial charge in [-0.1, -0.05) is 17.3 Å². The number of aryl methyl sites for hydroxylation is 2. The van der Waals surface area contributed by atoms with Crippen LogP contribution in [0.4, 0.5) is 0 Å². The maximum atomic E-state index is 12.6. The summed E-state index contributed by atoms with van der Waals surface area (Å²) in [6.07, 6.45) is 3.37. The fourth-order valence-electron chi connectivity index (χ4n) is 3.42. The summed E-state index contributed by atoms with van der Waals surface area (Å²) in [5.41, 5.74) is 4.69. The molecule has 0 unspecified atom stereocenters. The van der Waals surface area contributed by atoms with Crippen LogP contribution in [0.25, 0.3) is 11.4 Å². The maximum Gasteiger partial charge on any atom is 0.255 e. The lowest BCUT2D eigenvalue weighted by atomic mass is 10.0. The Morgan fingerprint density at radius 1 is 1.44 bits per heavy atom. The average Bonchev–Trinajstić information content (AvgIpc) is 3.36. The molecule has 1 aliphatic rings. The lowest BCUT2D eigenvalue weighted by molar-refractivity contribution is 0.0936. The minimum atomic E-state index is -0.0927. The summed E-state index contributed by atoms with van der Waals surface area (Å²) < 4.78 is 11.9. The number of nitrogens with zero attached hydrogens (tertiary/aromatic N) is 4. The Morgan fingerprint density at radius 3 is 3.04 bits per heavy atom. The van der Waals surface area contributed by atoms with Crippen LogP contribution in [0.15, 0.2) is 28.9 Å². The van der Waals surface area contributed by atoms with Gasteiger partial charge in [0.25, 0.3) is 11.8 Å². The first kappa shape index (κ1) is 17.4. The predicted molar refractivity (Wildman–Crippen MR) is 96.9 cm³/mol. The third kappa shape index (κ3) is 3.23. The summed E-state index contributed by atoms with van der Waals surface area (Å²) >= 11 is 0. The van der Waals surface area contributed by atoms with Crippen LogP contribution < -0.4 is 5.32 Å². The van der Waals surface area contributed by atoms with Gasteiger partial charge in [-0.25, -0.2) is 0 Å². The van der Waals surface area contributed by atoms with Crippen molar-refractivity contribution in [2.75, 3.05) is 7.11 Å². The number of ether oxygens (including phenoxy) is 1. The van der Waals surface area contributed by atoms with E-state index < -0.39 is 0 Å². The highest BCUT2D eigenvalue weighted by molar-refractivity contribution is 5.95. The first-order valence-corrected chi connectivity index (χ1v) is 8.81. The van der Waals surface area contributed by atoms with Crippen molar-refractivity contribution in [3.63, 3.8) is 0 Å². The summed E-state index contributed by atoms with van der Waals surface area (Å²) in [5, 5.41) is 11.3. The third-order valence-electron chi connectivity index (χ3n) is 5.00. The SMILES string of the molecule is COCc1nc(-c2ccc3c(c2)CC[C@H]3NC(=O)c2cnn(C)c2C)no1. The zero-order valence-electron chi connectivity index (χ0n) is 15.5. The Labute approximate surface area is 156 Å². The molecule has 0 radical (unpaired) electrons. The number of hydrogen-bond acceptors (Lipinski definition) is 6. The second-order valence-corrected chi connectivity index (χ2v) is 6.69. The molecule has 8 nitrogen and oxygen atoms in total. The zero-order valence-corrected chi connectivity index (χ0v) is 15.5. The standard InChI is InChI=1S/C19H21N5O3/c1-11-15(9-20-24(11)2)19(25)21-16-7-5-12-8-13(4-6-14(12)16)18-22-17(10-26-3)27-23-18/h4,6,8-9,16H,5,7,10H2,1-3H3,(H,21,25)/t16-/m1/s1. The van der Waals surface area contributed by atoms with Gasteiger partial charge in [0.1, 0.15) is 6.61 Å². The fourth-order valence-corrected chi connectivity index (χ4v) is 3.42. The Hall–Kier alpha value is -3.00. The van der Waals surface area contributed by atoms with E-state index in [1.54, 1.807) is 18.0 Å². The van der Waals surface area contributed by atoms with Crippen molar-refractivity contribution in [2.45, 2.75) is 32.4 Å². The van der Waals surface area contributed by atoms with E-state index in [-0.39, 0.29) is 11.9 Å². The Kier molecular flexibility index (Phi) is 4.49. The molecule has 4 rings (SSSR count). The van der Waals surface area contributed by atoms with Gasteiger partial charge in [-0.15, -0.1) is 0 Å². The second kappa shape index (κ2) is 6.96. The minimum absolute atomic E-state index is 0.00419. The summed E-state index contributed by atoms with van der Waals surface area (Å²) in [7, 11) is 3.41. The molecule has 2 aromatic heterocycles. The normalized spacial score (nSPS) is 15.7. The number of carbonyl (C=O) groups is 1. The summed E-state index contributed by atoms with van der Waals surface area (Å²) in [6.45, 7) is 2.18. The van der Waals surface area contributed by atoms with Gasteiger partial charge in [-0.2, -0.15) is 10.1 Å². The minimum Gasteiger partial charge on any atom is -0.375 e. The fraction of sp³-hybridized carbons (Fsp3) is 0.368. The molecule has 3 aromatic rings. The molecule has 8 heteroatoms. The summed E-state index contributed by atoms with van der Waals surface area (Å²) in [4.78, 5) is 16.9. The molecule has 1 aliphatic carbocycles. The van der Waals surface area contributed by atoms with E-state index in [4.69, 9.17) is 9.26 Å². The molecule has 1 atom stereocenters. The van der Waals surface area contributed by atoms with Gasteiger partial charge >= 0.3 is 0 Å². The van der Waals surface area contributed by atoms with E-state index in [1.807, 2.05) is 26.1 Å². The number of fused-ring (bicyclic) bond motifs is 1. The van der Waals surface area contributed by atoms with Gasteiger partial charge in [-0.05, 0) is 37.0 Å². The lowest BCUT2D eigenvalue weighted by Gasteiger charge is -2.14. The topological polar surface area (TPSA) is 95.1 Å². The molecular formula is C19H21N5O3. The van der Waals surface area contributed by atoms with Gasteiger partial charge in [0, 0.05) is 25.4 Å². The lowest BCUT2D eigenvalue weighted by Crippen LogP contribution is -2.27. The zero-order chi connectivity index (χ0) is 19.0. The van der Waals surface area contributed by atoms with Crippen molar-refractivity contribution in [3.05, 3.63) is 52.7 Å². The molecule has 27 heavy (non-hydrogen) atoms. The number of aromatic nitrogens is 4. The third-order valence-corrected chi connectivity index (χ3v) is 5.00. The molecule has 1 N–H and O–H groups in total. The van der Waals surface area contributed by atoms with Crippen LogP contribution in [0.3, 0.4) is 0 Å². The maximum absolute atomic E-state index is 12.6. The Morgan fingerprint density at radius 2 is 2.30 bits per heavy atom. The van der Waals surface area contributed by atoms with E-state index >= 15 is 0 Å². The monoisotopic (exact) mass is 367 g/mol. The number of carbonyl (C=O) groups excluding carboxylic acids is 1. The van der Waals surface area contributed by atoms with Gasteiger partial charge in [0.2, 0.25) is 5.82 Å². The number of hydrogen-bond donors (Lipinski definition) is 1. The van der Waals surface area contributed by atoms with Crippen LogP contribution in [-0.4, -0.2) is 32.9 Å². The van der Waals surface area contributed by atoms with Crippen molar-refractivity contribution in [2.24, 2.45) is 7.05 Å². The number of amides is 1. The number of nitrogens with one attached hydrogen (secondary N) is 1. The second-order valence-electron chi connectivity index (χ2n) is 6.69. The first-order valence-electron chi connectivity index (χ1n) is 8.81. The highest BCUT2D eigenvalue weighted by atomic mass is 16.5. The highest BCUT2D eigenvalue weighted by Crippen LogP contribution is 2.34. The molecule has 0 saturated heterocycles. The number of methoxy groups -OCH3 is 1.